The number of rotatable bonds is 6. The Morgan fingerprint density at radius 3 is 0.833 bits per heavy atom. The first kappa shape index (κ1) is 24.9. The lowest BCUT2D eigenvalue weighted by Crippen LogP contribution is -2.00. The van der Waals surface area contributed by atoms with Crippen LogP contribution in [0.4, 0.5) is 0 Å². The molecule has 4 heterocycles. The van der Waals surface area contributed by atoms with Gasteiger partial charge in [0.15, 0.2) is 17.5 Å². The average Bonchev–Trinajstić information content (AvgIpc) is 3.09. The van der Waals surface area contributed by atoms with Crippen LogP contribution in [0.1, 0.15) is 0 Å². The van der Waals surface area contributed by atoms with Gasteiger partial charge in [0.1, 0.15) is 19.0 Å². The topological polar surface area (TPSA) is 116 Å². The van der Waals surface area contributed by atoms with Crippen LogP contribution in [-0.2, 0) is 0 Å². The highest BCUT2D eigenvalue weighted by atomic mass is 15.0. The summed E-state index contributed by atoms with van der Waals surface area (Å²) in [6, 6.07) is 24.1. The van der Waals surface area contributed by atoms with Crippen molar-refractivity contribution < 1.29 is 0 Å². The van der Waals surface area contributed by atoms with Crippen LogP contribution in [0.15, 0.2) is 129 Å². The van der Waals surface area contributed by atoms with Crippen molar-refractivity contribution in [3.8, 4) is 67.5 Å². The molecule has 0 unspecified atom stereocenters. The van der Waals surface area contributed by atoms with E-state index in [0.717, 1.165) is 50.1 Å². The molecule has 42 heavy (non-hydrogen) atoms. The first-order chi connectivity index (χ1) is 20.8. The molecule has 0 atom stereocenters. The Bertz CT molecular complexity index is 1740. The number of nitrogens with zero attached hydrogens (tertiary/aromatic N) is 9. The monoisotopic (exact) mass is 543 g/mol. The Labute approximate surface area is 241 Å². The summed E-state index contributed by atoms with van der Waals surface area (Å²) in [7, 11) is 0. The summed E-state index contributed by atoms with van der Waals surface area (Å²) in [6.07, 6.45) is 15.3. The lowest BCUT2D eigenvalue weighted by Gasteiger charge is -2.11. The van der Waals surface area contributed by atoms with Crippen LogP contribution < -0.4 is 0 Å². The summed E-state index contributed by atoms with van der Waals surface area (Å²) < 4.78 is 0. The van der Waals surface area contributed by atoms with Crippen LogP contribution in [-0.4, -0.2) is 44.9 Å². The van der Waals surface area contributed by atoms with Gasteiger partial charge in [-0.3, -0.25) is 0 Å². The smallest absolute Gasteiger partial charge is 0.164 e. The van der Waals surface area contributed by atoms with Crippen molar-refractivity contribution in [2.24, 2.45) is 0 Å². The van der Waals surface area contributed by atoms with E-state index in [-0.39, 0.29) is 0 Å². The molecule has 4 aromatic heterocycles. The van der Waals surface area contributed by atoms with Gasteiger partial charge in [-0.25, -0.2) is 44.9 Å². The Morgan fingerprint density at radius 1 is 0.286 bits per heavy atom. The van der Waals surface area contributed by atoms with Crippen LogP contribution in [0.2, 0.25) is 0 Å². The second-order valence-electron chi connectivity index (χ2n) is 9.43. The third kappa shape index (κ3) is 5.22. The lowest BCUT2D eigenvalue weighted by atomic mass is 10.0. The molecule has 0 aliphatic heterocycles. The molecule has 0 N–H and O–H groups in total. The Kier molecular flexibility index (Phi) is 6.63. The maximum Gasteiger partial charge on any atom is 0.164 e. The number of hydrogen-bond acceptors (Lipinski definition) is 9. The molecule has 7 rings (SSSR count). The Balaban J connectivity index is 1.38. The number of benzene rings is 3. The molecule has 0 saturated carbocycles. The van der Waals surface area contributed by atoms with E-state index in [1.54, 1.807) is 37.2 Å². The van der Waals surface area contributed by atoms with Crippen molar-refractivity contribution in [1.29, 1.82) is 0 Å². The van der Waals surface area contributed by atoms with Gasteiger partial charge in [0, 0.05) is 70.6 Å². The van der Waals surface area contributed by atoms with Gasteiger partial charge in [0.2, 0.25) is 0 Å². The van der Waals surface area contributed by atoms with Crippen molar-refractivity contribution >= 4 is 0 Å². The predicted molar refractivity (Wildman–Crippen MR) is 159 cm³/mol. The van der Waals surface area contributed by atoms with Crippen molar-refractivity contribution in [1.82, 2.24) is 44.9 Å². The molecule has 0 radical (unpaired) electrons. The van der Waals surface area contributed by atoms with E-state index >= 15 is 0 Å². The third-order valence-electron chi connectivity index (χ3n) is 6.68. The highest BCUT2D eigenvalue weighted by molar-refractivity contribution is 5.75. The van der Waals surface area contributed by atoms with E-state index in [0.29, 0.717) is 17.5 Å². The molecule has 9 nitrogen and oxygen atoms in total. The Hall–Kier alpha value is -6.09. The second kappa shape index (κ2) is 11.2. The molecule has 9 heteroatoms. The van der Waals surface area contributed by atoms with Gasteiger partial charge in [0.05, 0.1) is 0 Å². The zero-order chi connectivity index (χ0) is 28.1. The molecule has 0 aliphatic carbocycles. The quantitative estimate of drug-likeness (QED) is 0.240. The van der Waals surface area contributed by atoms with Crippen LogP contribution in [0.25, 0.3) is 67.5 Å². The lowest BCUT2D eigenvalue weighted by molar-refractivity contribution is 1.07. The molecule has 7 aromatic rings. The van der Waals surface area contributed by atoms with E-state index in [2.05, 4.69) is 29.9 Å². The van der Waals surface area contributed by atoms with Crippen LogP contribution >= 0.6 is 0 Å². The predicted octanol–water partition coefficient (Wildman–Crippen LogP) is 6.24. The molecule has 3 aromatic carbocycles. The summed E-state index contributed by atoms with van der Waals surface area (Å²) in [5.74, 6) is 1.65. The van der Waals surface area contributed by atoms with Crippen molar-refractivity contribution in [2.75, 3.05) is 0 Å². The molecule has 0 saturated heterocycles. The van der Waals surface area contributed by atoms with Crippen LogP contribution in [0.3, 0.4) is 0 Å². The normalized spacial score (nSPS) is 10.9. The maximum atomic E-state index is 4.94. The Morgan fingerprint density at radius 2 is 0.548 bits per heavy atom. The van der Waals surface area contributed by atoms with E-state index in [4.69, 9.17) is 15.0 Å². The van der Waals surface area contributed by atoms with Gasteiger partial charge in [-0.1, -0.05) is 54.6 Å². The minimum Gasteiger partial charge on any atom is -0.244 e. The maximum absolute atomic E-state index is 4.94. The third-order valence-corrected chi connectivity index (χ3v) is 6.68. The van der Waals surface area contributed by atoms with Crippen molar-refractivity contribution in [3.05, 3.63) is 129 Å². The summed E-state index contributed by atoms with van der Waals surface area (Å²) in [6.45, 7) is 0. The summed E-state index contributed by atoms with van der Waals surface area (Å²) in [4.78, 5) is 39.8. The minimum atomic E-state index is 0.551. The SMILES string of the molecule is c1cc(-c2cncnc2)cc(-c2nc(-c3cccc(-c4cncnc4)c3)nc(-c3cccc(-c4cncnc4)c3)n2)c1. The average molecular weight is 544 g/mol. The molecule has 198 valence electrons. The molecular weight excluding hydrogens is 522 g/mol. The molecule has 0 spiro atoms. The summed E-state index contributed by atoms with van der Waals surface area (Å²) >= 11 is 0. The fourth-order valence-electron chi connectivity index (χ4n) is 4.62. The largest absolute Gasteiger partial charge is 0.244 e. The van der Waals surface area contributed by atoms with Gasteiger partial charge in [-0.05, 0) is 34.9 Å². The van der Waals surface area contributed by atoms with Gasteiger partial charge in [0.25, 0.3) is 0 Å². The first-order valence-electron chi connectivity index (χ1n) is 13.1. The molecular formula is C33H21N9. The number of aromatic nitrogens is 9. The summed E-state index contributed by atoms with van der Waals surface area (Å²) in [5, 5.41) is 0. The zero-order valence-corrected chi connectivity index (χ0v) is 22.1. The van der Waals surface area contributed by atoms with Crippen LogP contribution in [0, 0.1) is 0 Å². The molecule has 0 aliphatic rings. The molecule has 0 bridgehead atoms. The highest BCUT2D eigenvalue weighted by Gasteiger charge is 2.14. The van der Waals surface area contributed by atoms with Gasteiger partial charge >= 0.3 is 0 Å². The molecule has 0 fully saturated rings. The molecule has 0 amide bonds. The van der Waals surface area contributed by atoms with Crippen molar-refractivity contribution in [2.45, 2.75) is 0 Å². The fourth-order valence-corrected chi connectivity index (χ4v) is 4.62. The second-order valence-corrected chi connectivity index (χ2v) is 9.43. The van der Waals surface area contributed by atoms with E-state index in [9.17, 15) is 0 Å². The first-order valence-corrected chi connectivity index (χ1v) is 13.1. The van der Waals surface area contributed by atoms with E-state index < -0.39 is 0 Å². The number of hydrogen-bond donors (Lipinski definition) is 0. The fraction of sp³-hybridized carbons (Fsp3) is 0. The van der Waals surface area contributed by atoms with Crippen molar-refractivity contribution in [3.63, 3.8) is 0 Å². The zero-order valence-electron chi connectivity index (χ0n) is 22.1. The van der Waals surface area contributed by atoms with Crippen LogP contribution in [0.5, 0.6) is 0 Å². The van der Waals surface area contributed by atoms with Gasteiger partial charge in [-0.2, -0.15) is 0 Å². The summed E-state index contributed by atoms with van der Waals surface area (Å²) in [5.41, 5.74) is 8.17. The standard InChI is InChI=1S/C33H21N9/c1-4-22(28-13-34-19-35-14-28)10-25(7-1)31-40-32(26-8-2-5-23(11-26)29-15-36-20-37-16-29)42-33(41-31)27-9-3-6-24(12-27)30-17-38-21-39-18-30/h1-21H. The van der Waals surface area contributed by atoms with Gasteiger partial charge < -0.3 is 0 Å². The minimum absolute atomic E-state index is 0.551. The van der Waals surface area contributed by atoms with Gasteiger partial charge in [-0.15, -0.1) is 0 Å². The van der Waals surface area contributed by atoms with E-state index in [1.807, 2.05) is 72.8 Å². The van der Waals surface area contributed by atoms with E-state index in [1.165, 1.54) is 19.0 Å². The highest BCUT2D eigenvalue weighted by Crippen LogP contribution is 2.30.